The van der Waals surface area contributed by atoms with Crippen LogP contribution in [0.25, 0.3) is 6.08 Å². The van der Waals surface area contributed by atoms with Gasteiger partial charge in [0.25, 0.3) is 11.8 Å². The highest BCUT2D eigenvalue weighted by Gasteiger charge is 2.37. The first-order valence-corrected chi connectivity index (χ1v) is 8.82. The number of barbiturate groups is 1. The minimum atomic E-state index is -0.759. The lowest BCUT2D eigenvalue weighted by molar-refractivity contribution is -0.122. The second kappa shape index (κ2) is 6.57. The van der Waals surface area contributed by atoms with Crippen molar-refractivity contribution in [2.75, 3.05) is 4.90 Å². The van der Waals surface area contributed by atoms with Crippen LogP contribution in [-0.4, -0.2) is 22.4 Å². The molecule has 6 nitrogen and oxygen atoms in total. The second-order valence-electron chi connectivity index (χ2n) is 6.91. The van der Waals surface area contributed by atoms with Crippen LogP contribution in [0, 0.1) is 0 Å². The Morgan fingerprint density at radius 1 is 1.04 bits per heavy atom. The van der Waals surface area contributed by atoms with Crippen molar-refractivity contribution in [1.29, 1.82) is 0 Å². The molecule has 0 aliphatic carbocycles. The number of carbonyl (C=O) groups excluding carboxylic acids is 3. The summed E-state index contributed by atoms with van der Waals surface area (Å²) in [6.45, 7) is 6.07. The molecule has 1 aromatic heterocycles. The highest BCUT2D eigenvalue weighted by molar-refractivity contribution is 9.10. The molecule has 0 bridgehead atoms. The summed E-state index contributed by atoms with van der Waals surface area (Å²) >= 11 is 3.32. The van der Waals surface area contributed by atoms with E-state index in [1.807, 2.05) is 43.7 Å². The Morgan fingerprint density at radius 3 is 2.31 bits per heavy atom. The van der Waals surface area contributed by atoms with Crippen LogP contribution in [0.15, 0.2) is 52.6 Å². The number of nitrogens with zero attached hydrogens (tertiary/aromatic N) is 2. The maximum Gasteiger partial charge on any atom is 0.335 e. The number of hydrogen-bond acceptors (Lipinski definition) is 3. The molecule has 1 aliphatic rings. The van der Waals surface area contributed by atoms with E-state index in [0.717, 1.165) is 9.37 Å². The van der Waals surface area contributed by atoms with Crippen molar-refractivity contribution in [3.8, 4) is 0 Å². The summed E-state index contributed by atoms with van der Waals surface area (Å²) < 4.78 is 2.78. The van der Waals surface area contributed by atoms with Crippen molar-refractivity contribution >= 4 is 45.5 Å². The van der Waals surface area contributed by atoms with Gasteiger partial charge >= 0.3 is 6.03 Å². The lowest BCUT2D eigenvalue weighted by Gasteiger charge is -2.27. The van der Waals surface area contributed by atoms with Crippen LogP contribution >= 0.6 is 15.9 Å². The van der Waals surface area contributed by atoms with E-state index in [2.05, 4.69) is 21.2 Å². The first-order valence-electron chi connectivity index (χ1n) is 8.03. The summed E-state index contributed by atoms with van der Waals surface area (Å²) in [7, 11) is 0. The first-order chi connectivity index (χ1) is 12.2. The fraction of sp³-hybridized carbons (Fsp3) is 0.211. The molecular formula is C19H18BrN3O3. The quantitative estimate of drug-likeness (QED) is 0.600. The van der Waals surface area contributed by atoms with Gasteiger partial charge in [0.15, 0.2) is 0 Å². The van der Waals surface area contributed by atoms with Crippen LogP contribution in [-0.2, 0) is 15.1 Å². The van der Waals surface area contributed by atoms with E-state index in [1.165, 1.54) is 6.08 Å². The molecule has 4 amide bonds. The molecule has 0 unspecified atom stereocenters. The highest BCUT2D eigenvalue weighted by atomic mass is 79.9. The van der Waals surface area contributed by atoms with Crippen molar-refractivity contribution in [3.05, 3.63) is 58.3 Å². The number of aromatic nitrogens is 1. The van der Waals surface area contributed by atoms with Crippen LogP contribution in [0.5, 0.6) is 0 Å². The Labute approximate surface area is 159 Å². The largest absolute Gasteiger partial charge is 0.343 e. The smallest absolute Gasteiger partial charge is 0.335 e. The maximum atomic E-state index is 12.9. The Hall–Kier alpha value is -2.67. The Morgan fingerprint density at radius 2 is 1.69 bits per heavy atom. The Bertz CT molecular complexity index is 920. The molecular weight excluding hydrogens is 398 g/mol. The predicted molar refractivity (Wildman–Crippen MR) is 103 cm³/mol. The number of urea groups is 1. The molecule has 134 valence electrons. The first kappa shape index (κ1) is 18.1. The van der Waals surface area contributed by atoms with E-state index in [-0.39, 0.29) is 11.1 Å². The molecule has 1 fully saturated rings. The van der Waals surface area contributed by atoms with Gasteiger partial charge in [-0.25, -0.2) is 9.69 Å². The average molecular weight is 416 g/mol. The van der Waals surface area contributed by atoms with Gasteiger partial charge in [0, 0.05) is 21.9 Å². The Kier molecular flexibility index (Phi) is 4.58. The van der Waals surface area contributed by atoms with E-state index >= 15 is 0 Å². The summed E-state index contributed by atoms with van der Waals surface area (Å²) in [5, 5.41) is 2.23. The summed E-state index contributed by atoms with van der Waals surface area (Å²) in [6, 6.07) is 9.62. The minimum Gasteiger partial charge on any atom is -0.343 e. The summed E-state index contributed by atoms with van der Waals surface area (Å²) in [6.07, 6.45) is 3.40. The molecule has 2 aromatic rings. The van der Waals surface area contributed by atoms with Gasteiger partial charge in [-0.1, -0.05) is 15.9 Å². The van der Waals surface area contributed by atoms with Crippen molar-refractivity contribution in [1.82, 2.24) is 9.88 Å². The van der Waals surface area contributed by atoms with Crippen LogP contribution in [0.1, 0.15) is 26.5 Å². The normalized spacial score (nSPS) is 17.0. The topological polar surface area (TPSA) is 71.4 Å². The monoisotopic (exact) mass is 415 g/mol. The number of amides is 4. The number of hydrogen-bond donors (Lipinski definition) is 1. The fourth-order valence-corrected chi connectivity index (χ4v) is 3.02. The second-order valence-corrected chi connectivity index (χ2v) is 7.82. The molecule has 1 N–H and O–H groups in total. The number of nitrogens with one attached hydrogen (secondary N) is 1. The predicted octanol–water partition coefficient (Wildman–Crippen LogP) is 3.67. The summed E-state index contributed by atoms with van der Waals surface area (Å²) in [5.74, 6) is -1.35. The SMILES string of the molecule is CC(C)(C)n1cccc1/C=C1\C(=O)NC(=O)N(c2ccc(Br)cc2)C1=O. The van der Waals surface area contributed by atoms with Gasteiger partial charge in [0.2, 0.25) is 0 Å². The standard InChI is InChI=1S/C19H18BrN3O3/c1-19(2,3)22-10-4-5-14(22)11-15-16(24)21-18(26)23(17(15)25)13-8-6-12(20)7-9-13/h4-11H,1-3H3,(H,21,24,26)/b15-11+. The minimum absolute atomic E-state index is 0.0864. The van der Waals surface area contributed by atoms with Crippen molar-refractivity contribution in [2.24, 2.45) is 0 Å². The number of rotatable bonds is 2. The molecule has 7 heteroatoms. The fourth-order valence-electron chi connectivity index (χ4n) is 2.75. The number of benzene rings is 1. The zero-order valence-electron chi connectivity index (χ0n) is 14.6. The maximum absolute atomic E-state index is 12.9. The summed E-state index contributed by atoms with van der Waals surface area (Å²) in [5.41, 5.74) is 0.795. The van der Waals surface area contributed by atoms with Crippen LogP contribution < -0.4 is 10.2 Å². The molecule has 3 rings (SSSR count). The van der Waals surface area contributed by atoms with Crippen molar-refractivity contribution < 1.29 is 14.4 Å². The van der Waals surface area contributed by atoms with Gasteiger partial charge in [-0.3, -0.25) is 14.9 Å². The molecule has 0 saturated carbocycles. The van der Waals surface area contributed by atoms with Crippen molar-refractivity contribution in [3.63, 3.8) is 0 Å². The van der Waals surface area contributed by atoms with Gasteiger partial charge < -0.3 is 4.57 Å². The lowest BCUT2D eigenvalue weighted by Crippen LogP contribution is -2.54. The number of anilines is 1. The molecule has 2 heterocycles. The number of halogens is 1. The van der Waals surface area contributed by atoms with Crippen LogP contribution in [0.3, 0.4) is 0 Å². The third kappa shape index (κ3) is 3.35. The number of imide groups is 2. The molecule has 1 aliphatic heterocycles. The Balaban J connectivity index is 2.04. The lowest BCUT2D eigenvalue weighted by atomic mass is 10.1. The van der Waals surface area contributed by atoms with E-state index in [4.69, 9.17) is 0 Å². The zero-order valence-corrected chi connectivity index (χ0v) is 16.2. The third-order valence-corrected chi connectivity index (χ3v) is 4.51. The van der Waals surface area contributed by atoms with Crippen LogP contribution in [0.2, 0.25) is 0 Å². The van der Waals surface area contributed by atoms with Gasteiger partial charge in [-0.05, 0) is 63.2 Å². The average Bonchev–Trinajstić information content (AvgIpc) is 3.01. The molecule has 0 atom stereocenters. The van der Waals surface area contributed by atoms with Gasteiger partial charge in [0.1, 0.15) is 5.57 Å². The molecule has 1 saturated heterocycles. The molecule has 0 spiro atoms. The third-order valence-electron chi connectivity index (χ3n) is 3.98. The van der Waals surface area contributed by atoms with E-state index in [1.54, 1.807) is 24.3 Å². The molecule has 1 aromatic carbocycles. The van der Waals surface area contributed by atoms with E-state index < -0.39 is 17.8 Å². The number of carbonyl (C=O) groups is 3. The van der Waals surface area contributed by atoms with Crippen molar-refractivity contribution in [2.45, 2.75) is 26.3 Å². The van der Waals surface area contributed by atoms with Gasteiger partial charge in [-0.2, -0.15) is 0 Å². The van der Waals surface area contributed by atoms with Gasteiger partial charge in [0.05, 0.1) is 5.69 Å². The molecule has 0 radical (unpaired) electrons. The molecule has 26 heavy (non-hydrogen) atoms. The van der Waals surface area contributed by atoms with E-state index in [9.17, 15) is 14.4 Å². The zero-order chi connectivity index (χ0) is 19.1. The van der Waals surface area contributed by atoms with Gasteiger partial charge in [-0.15, -0.1) is 0 Å². The van der Waals surface area contributed by atoms with Crippen LogP contribution in [0.4, 0.5) is 10.5 Å². The highest BCUT2D eigenvalue weighted by Crippen LogP contribution is 2.25. The summed E-state index contributed by atoms with van der Waals surface area (Å²) in [4.78, 5) is 38.3. The van der Waals surface area contributed by atoms with E-state index in [0.29, 0.717) is 11.4 Å².